The zero-order valence-electron chi connectivity index (χ0n) is 19.6. The number of benzene rings is 3. The van der Waals surface area contributed by atoms with Crippen LogP contribution in [-0.4, -0.2) is 29.7 Å². The Balaban J connectivity index is 1.50. The number of amides is 2. The summed E-state index contributed by atoms with van der Waals surface area (Å²) in [6.45, 7) is 3.87. The Kier molecular flexibility index (Phi) is 5.43. The van der Waals surface area contributed by atoms with E-state index in [4.69, 9.17) is 11.6 Å². The topological polar surface area (TPSA) is 57.7 Å². The highest BCUT2D eigenvalue weighted by Crippen LogP contribution is 2.50. The number of carbonyl (C=O) groups is 3. The molecule has 180 valence electrons. The minimum absolute atomic E-state index is 0.181. The Labute approximate surface area is 222 Å². The SMILES string of the molecule is Cc1ccc(N2C(=O)[C@@H]3[C@H](C2=O)[C@H]2C=Cc4cc(Cl)ccc4N2[C@@H]3C(=O)c2ccc(Br)cc2)c(C)c1. The van der Waals surface area contributed by atoms with Gasteiger partial charge in [-0.05, 0) is 61.4 Å². The minimum atomic E-state index is -0.821. The van der Waals surface area contributed by atoms with E-state index in [1.54, 1.807) is 18.2 Å². The number of fused-ring (bicyclic) bond motifs is 5. The van der Waals surface area contributed by atoms with Crippen LogP contribution in [0.4, 0.5) is 11.4 Å². The summed E-state index contributed by atoms with van der Waals surface area (Å²) in [6.07, 6.45) is 3.87. The summed E-state index contributed by atoms with van der Waals surface area (Å²) in [5.74, 6) is -2.24. The predicted octanol–water partition coefficient (Wildman–Crippen LogP) is 5.99. The Bertz CT molecular complexity index is 1480. The largest absolute Gasteiger partial charge is 0.352 e. The Morgan fingerprint density at radius 3 is 2.31 bits per heavy atom. The number of Topliss-reactive ketones (excluding diaryl/α,β-unsaturated/α-hetero) is 1. The van der Waals surface area contributed by atoms with Gasteiger partial charge in [-0.15, -0.1) is 0 Å². The summed E-state index contributed by atoms with van der Waals surface area (Å²) < 4.78 is 0.857. The number of nitrogens with zero attached hydrogens (tertiary/aromatic N) is 2. The van der Waals surface area contributed by atoms with Crippen molar-refractivity contribution >= 4 is 62.6 Å². The van der Waals surface area contributed by atoms with E-state index in [0.717, 1.165) is 26.9 Å². The van der Waals surface area contributed by atoms with Crippen LogP contribution in [0.1, 0.15) is 27.0 Å². The van der Waals surface area contributed by atoms with Gasteiger partial charge in [-0.1, -0.05) is 69.5 Å². The van der Waals surface area contributed by atoms with Gasteiger partial charge in [0.1, 0.15) is 6.04 Å². The van der Waals surface area contributed by atoms with Gasteiger partial charge in [0.25, 0.3) is 0 Å². The van der Waals surface area contributed by atoms with Gasteiger partial charge >= 0.3 is 0 Å². The second-order valence-electron chi connectivity index (χ2n) is 9.63. The van der Waals surface area contributed by atoms with Gasteiger partial charge in [0.15, 0.2) is 5.78 Å². The fourth-order valence-corrected chi connectivity index (χ4v) is 6.37. The normalized spacial score (nSPS) is 24.1. The standard InChI is InChI=1S/C29H22BrClN2O3/c1-15-3-10-21(16(2)13-15)33-28(35)24-23-11-6-18-14-20(31)9-12-22(18)32(23)26(25(24)29(33)36)27(34)17-4-7-19(30)8-5-17/h3-14,23-26H,1-2H3/t23-,24-,25-,26+/m1/s1. The first-order valence-corrected chi connectivity index (χ1v) is 12.9. The van der Waals surface area contributed by atoms with E-state index in [1.165, 1.54) is 4.90 Å². The number of halogens is 2. The second-order valence-corrected chi connectivity index (χ2v) is 11.0. The molecule has 3 aliphatic heterocycles. The zero-order valence-corrected chi connectivity index (χ0v) is 22.0. The summed E-state index contributed by atoms with van der Waals surface area (Å²) in [5.41, 5.74) is 4.64. The highest BCUT2D eigenvalue weighted by Gasteiger charge is 2.64. The van der Waals surface area contributed by atoms with Crippen LogP contribution >= 0.6 is 27.5 Å². The van der Waals surface area contributed by atoms with Crippen molar-refractivity contribution in [2.45, 2.75) is 25.9 Å². The van der Waals surface area contributed by atoms with Crippen molar-refractivity contribution in [2.75, 3.05) is 9.80 Å². The lowest BCUT2D eigenvalue weighted by Gasteiger charge is -2.36. The molecule has 36 heavy (non-hydrogen) atoms. The molecule has 7 heteroatoms. The molecule has 0 aliphatic carbocycles. The maximum Gasteiger partial charge on any atom is 0.240 e. The van der Waals surface area contributed by atoms with Crippen LogP contribution in [-0.2, 0) is 9.59 Å². The van der Waals surface area contributed by atoms with Crippen molar-refractivity contribution in [3.05, 3.63) is 98.5 Å². The third kappa shape index (κ3) is 3.39. The molecule has 0 unspecified atom stereocenters. The number of carbonyl (C=O) groups excluding carboxylic acids is 3. The molecule has 2 saturated heterocycles. The summed E-state index contributed by atoms with van der Waals surface area (Å²) in [7, 11) is 0. The molecule has 0 N–H and O–H groups in total. The first-order chi connectivity index (χ1) is 17.3. The number of imide groups is 1. The monoisotopic (exact) mass is 560 g/mol. The Hall–Kier alpha value is -3.22. The smallest absolute Gasteiger partial charge is 0.240 e. The van der Waals surface area contributed by atoms with Gasteiger partial charge in [-0.3, -0.25) is 14.4 Å². The van der Waals surface area contributed by atoms with Crippen LogP contribution in [0.5, 0.6) is 0 Å². The van der Waals surface area contributed by atoms with Crippen LogP contribution in [0, 0.1) is 25.7 Å². The molecule has 0 bridgehead atoms. The van der Waals surface area contributed by atoms with Gasteiger partial charge in [0.2, 0.25) is 11.8 Å². The highest BCUT2D eigenvalue weighted by molar-refractivity contribution is 9.10. The van der Waals surface area contributed by atoms with Crippen LogP contribution in [0.25, 0.3) is 6.08 Å². The maximum absolute atomic E-state index is 14.1. The van der Waals surface area contributed by atoms with Crippen molar-refractivity contribution in [3.8, 4) is 0 Å². The van der Waals surface area contributed by atoms with Gasteiger partial charge in [0, 0.05) is 20.7 Å². The maximum atomic E-state index is 14.1. The van der Waals surface area contributed by atoms with Gasteiger partial charge < -0.3 is 4.90 Å². The van der Waals surface area contributed by atoms with E-state index in [-0.39, 0.29) is 17.6 Å². The molecule has 0 saturated carbocycles. The fraction of sp³-hybridized carbons (Fsp3) is 0.207. The highest BCUT2D eigenvalue weighted by atomic mass is 79.9. The molecule has 4 atom stereocenters. The summed E-state index contributed by atoms with van der Waals surface area (Å²) in [5, 5.41) is 0.584. The summed E-state index contributed by atoms with van der Waals surface area (Å²) in [4.78, 5) is 45.2. The average Bonchev–Trinajstić information content (AvgIpc) is 3.32. The summed E-state index contributed by atoms with van der Waals surface area (Å²) in [6, 6.07) is 17.0. The van der Waals surface area contributed by atoms with Gasteiger partial charge in [0.05, 0.1) is 23.6 Å². The lowest BCUT2D eigenvalue weighted by molar-refractivity contribution is -0.122. The summed E-state index contributed by atoms with van der Waals surface area (Å²) >= 11 is 9.67. The van der Waals surface area contributed by atoms with Crippen LogP contribution in [0.15, 0.2) is 71.2 Å². The number of aryl methyl sites for hydroxylation is 2. The lowest BCUT2D eigenvalue weighted by Crippen LogP contribution is -2.49. The van der Waals surface area contributed by atoms with Crippen molar-refractivity contribution in [2.24, 2.45) is 11.8 Å². The number of ketones is 1. The molecule has 6 rings (SSSR count). The van der Waals surface area contributed by atoms with E-state index in [9.17, 15) is 14.4 Å². The van der Waals surface area contributed by atoms with E-state index in [0.29, 0.717) is 16.3 Å². The number of rotatable bonds is 3. The Morgan fingerprint density at radius 2 is 1.58 bits per heavy atom. The molecule has 3 aromatic rings. The van der Waals surface area contributed by atoms with E-state index < -0.39 is 23.9 Å². The third-order valence-corrected chi connectivity index (χ3v) is 8.22. The van der Waals surface area contributed by atoms with Gasteiger partial charge in [-0.2, -0.15) is 0 Å². The Morgan fingerprint density at radius 1 is 0.889 bits per heavy atom. The average molecular weight is 562 g/mol. The quantitative estimate of drug-likeness (QED) is 0.291. The first kappa shape index (κ1) is 23.2. The van der Waals surface area contributed by atoms with Crippen molar-refractivity contribution < 1.29 is 14.4 Å². The molecule has 0 aromatic heterocycles. The fourth-order valence-electron chi connectivity index (χ4n) is 5.92. The molecular formula is C29H22BrClN2O3. The molecule has 0 radical (unpaired) electrons. The van der Waals surface area contributed by atoms with Crippen molar-refractivity contribution in [3.63, 3.8) is 0 Å². The number of anilines is 2. The molecular weight excluding hydrogens is 540 g/mol. The van der Waals surface area contributed by atoms with Crippen LogP contribution in [0.3, 0.4) is 0 Å². The number of hydrogen-bond donors (Lipinski definition) is 0. The molecule has 0 spiro atoms. The molecule has 3 aliphatic rings. The third-order valence-electron chi connectivity index (χ3n) is 7.46. The van der Waals surface area contributed by atoms with Crippen LogP contribution in [0.2, 0.25) is 5.02 Å². The molecule has 2 amide bonds. The van der Waals surface area contributed by atoms with E-state index in [2.05, 4.69) is 15.9 Å². The molecule has 3 heterocycles. The molecule has 3 aromatic carbocycles. The second kappa shape index (κ2) is 8.43. The predicted molar refractivity (Wildman–Crippen MR) is 144 cm³/mol. The van der Waals surface area contributed by atoms with E-state index >= 15 is 0 Å². The van der Waals surface area contributed by atoms with Crippen molar-refractivity contribution in [1.29, 1.82) is 0 Å². The number of hydrogen-bond acceptors (Lipinski definition) is 4. The molecule has 5 nitrogen and oxygen atoms in total. The first-order valence-electron chi connectivity index (χ1n) is 11.8. The van der Waals surface area contributed by atoms with E-state index in [1.807, 2.05) is 73.4 Å². The van der Waals surface area contributed by atoms with Crippen LogP contribution < -0.4 is 9.80 Å². The minimum Gasteiger partial charge on any atom is -0.352 e. The van der Waals surface area contributed by atoms with Crippen molar-refractivity contribution in [1.82, 2.24) is 0 Å². The zero-order chi connectivity index (χ0) is 25.3. The lowest BCUT2D eigenvalue weighted by atomic mass is 9.86. The molecule has 2 fully saturated rings. The van der Waals surface area contributed by atoms with Gasteiger partial charge in [-0.25, -0.2) is 4.90 Å².